The summed E-state index contributed by atoms with van der Waals surface area (Å²) in [6, 6.07) is 0. The Morgan fingerprint density at radius 1 is 1.27 bits per heavy atom. The van der Waals surface area contributed by atoms with E-state index in [1.807, 2.05) is 0 Å². The van der Waals surface area contributed by atoms with Crippen LogP contribution in [0.4, 0.5) is 0 Å². The molecule has 0 aromatic heterocycles. The second kappa shape index (κ2) is 6.40. The SMILES string of the molecule is COCCCOC1OC(C)C(O)C[C@@H]1O. The van der Waals surface area contributed by atoms with Crippen molar-refractivity contribution in [2.24, 2.45) is 0 Å². The van der Waals surface area contributed by atoms with Crippen LogP contribution in [0.3, 0.4) is 0 Å². The average Bonchev–Trinajstić information content (AvgIpc) is 2.20. The highest BCUT2D eigenvalue weighted by atomic mass is 16.7. The summed E-state index contributed by atoms with van der Waals surface area (Å²) in [7, 11) is 1.63. The van der Waals surface area contributed by atoms with Crippen LogP contribution >= 0.6 is 0 Å². The first-order valence-electron chi connectivity index (χ1n) is 5.27. The topological polar surface area (TPSA) is 68.2 Å². The third kappa shape index (κ3) is 4.04. The van der Waals surface area contributed by atoms with E-state index < -0.39 is 18.5 Å². The highest BCUT2D eigenvalue weighted by molar-refractivity contribution is 4.78. The van der Waals surface area contributed by atoms with Crippen LogP contribution in [0.15, 0.2) is 0 Å². The molecule has 0 amide bonds. The zero-order valence-electron chi connectivity index (χ0n) is 9.26. The molecule has 0 aromatic carbocycles. The summed E-state index contributed by atoms with van der Waals surface area (Å²) in [5, 5.41) is 19.0. The summed E-state index contributed by atoms with van der Waals surface area (Å²) in [5.41, 5.74) is 0. The van der Waals surface area contributed by atoms with Gasteiger partial charge < -0.3 is 24.4 Å². The van der Waals surface area contributed by atoms with Crippen molar-refractivity contribution in [1.82, 2.24) is 0 Å². The monoisotopic (exact) mass is 220 g/mol. The highest BCUT2D eigenvalue weighted by Gasteiger charge is 2.34. The summed E-state index contributed by atoms with van der Waals surface area (Å²) >= 11 is 0. The van der Waals surface area contributed by atoms with Gasteiger partial charge >= 0.3 is 0 Å². The number of methoxy groups -OCH3 is 1. The van der Waals surface area contributed by atoms with Crippen LogP contribution in [-0.4, -0.2) is 55.1 Å². The first-order valence-corrected chi connectivity index (χ1v) is 5.27. The van der Waals surface area contributed by atoms with Gasteiger partial charge in [0.25, 0.3) is 0 Å². The molecule has 1 fully saturated rings. The first kappa shape index (κ1) is 12.9. The molecule has 4 atom stereocenters. The normalized spacial score (nSPS) is 36.8. The fourth-order valence-electron chi connectivity index (χ4n) is 1.50. The molecular weight excluding hydrogens is 200 g/mol. The molecular formula is C10H20O5. The van der Waals surface area contributed by atoms with E-state index in [0.29, 0.717) is 19.6 Å². The van der Waals surface area contributed by atoms with Gasteiger partial charge in [0, 0.05) is 20.1 Å². The zero-order chi connectivity index (χ0) is 11.3. The maximum absolute atomic E-state index is 9.57. The number of aliphatic hydroxyl groups is 2. The Kier molecular flexibility index (Phi) is 5.49. The summed E-state index contributed by atoms with van der Waals surface area (Å²) < 4.78 is 15.6. The Labute approximate surface area is 89.9 Å². The molecule has 1 rings (SSSR count). The standard InChI is InChI=1S/C10H20O5/c1-7-8(11)6-9(12)10(15-7)14-5-3-4-13-2/h7-12H,3-6H2,1-2H3/t7?,8?,9-,10?/m0/s1. The summed E-state index contributed by atoms with van der Waals surface area (Å²) in [4.78, 5) is 0. The molecule has 3 unspecified atom stereocenters. The quantitative estimate of drug-likeness (QED) is 0.633. The lowest BCUT2D eigenvalue weighted by atomic mass is 10.0. The van der Waals surface area contributed by atoms with Crippen LogP contribution in [0.1, 0.15) is 19.8 Å². The predicted molar refractivity (Wildman–Crippen MR) is 53.4 cm³/mol. The van der Waals surface area contributed by atoms with E-state index in [0.717, 1.165) is 6.42 Å². The minimum Gasteiger partial charge on any atom is -0.390 e. The second-order valence-electron chi connectivity index (χ2n) is 3.80. The van der Waals surface area contributed by atoms with Crippen molar-refractivity contribution in [2.45, 2.75) is 44.4 Å². The summed E-state index contributed by atoms with van der Waals surface area (Å²) in [5.74, 6) is 0. The van der Waals surface area contributed by atoms with Gasteiger partial charge in [-0.3, -0.25) is 0 Å². The molecule has 0 aliphatic carbocycles. The van der Waals surface area contributed by atoms with Crippen LogP contribution in [0.2, 0.25) is 0 Å². The smallest absolute Gasteiger partial charge is 0.183 e. The van der Waals surface area contributed by atoms with E-state index in [-0.39, 0.29) is 6.10 Å². The number of aliphatic hydroxyl groups excluding tert-OH is 2. The van der Waals surface area contributed by atoms with Crippen LogP contribution in [0, 0.1) is 0 Å². The predicted octanol–water partition coefficient (Wildman–Crippen LogP) is -0.104. The molecule has 2 N–H and O–H groups in total. The number of ether oxygens (including phenoxy) is 3. The van der Waals surface area contributed by atoms with E-state index in [2.05, 4.69) is 0 Å². The largest absolute Gasteiger partial charge is 0.390 e. The maximum Gasteiger partial charge on any atom is 0.183 e. The Morgan fingerprint density at radius 2 is 2.00 bits per heavy atom. The van der Waals surface area contributed by atoms with Gasteiger partial charge in [-0.2, -0.15) is 0 Å². The van der Waals surface area contributed by atoms with Gasteiger partial charge in [0.05, 0.1) is 18.8 Å². The molecule has 0 bridgehead atoms. The summed E-state index contributed by atoms with van der Waals surface area (Å²) in [6.07, 6.45) is -1.21. The van der Waals surface area contributed by atoms with E-state index in [1.54, 1.807) is 14.0 Å². The van der Waals surface area contributed by atoms with Crippen LogP contribution < -0.4 is 0 Å². The molecule has 90 valence electrons. The molecule has 0 aromatic rings. The zero-order valence-corrected chi connectivity index (χ0v) is 9.26. The Hall–Kier alpha value is -0.200. The second-order valence-corrected chi connectivity index (χ2v) is 3.80. The van der Waals surface area contributed by atoms with Crippen molar-refractivity contribution in [3.8, 4) is 0 Å². The van der Waals surface area contributed by atoms with Crippen molar-refractivity contribution in [3.05, 3.63) is 0 Å². The van der Waals surface area contributed by atoms with Crippen molar-refractivity contribution in [3.63, 3.8) is 0 Å². The van der Waals surface area contributed by atoms with E-state index in [4.69, 9.17) is 14.2 Å². The van der Waals surface area contributed by atoms with Gasteiger partial charge in [-0.1, -0.05) is 0 Å². The minimum atomic E-state index is -0.751. The van der Waals surface area contributed by atoms with E-state index >= 15 is 0 Å². The molecule has 0 saturated carbocycles. The number of hydrogen-bond acceptors (Lipinski definition) is 5. The van der Waals surface area contributed by atoms with Gasteiger partial charge in [0.2, 0.25) is 0 Å². The number of rotatable bonds is 5. The van der Waals surface area contributed by atoms with Crippen LogP contribution in [0.5, 0.6) is 0 Å². The summed E-state index contributed by atoms with van der Waals surface area (Å²) in [6.45, 7) is 2.88. The fraction of sp³-hybridized carbons (Fsp3) is 1.00. The molecule has 1 heterocycles. The van der Waals surface area contributed by atoms with Gasteiger partial charge in [-0.25, -0.2) is 0 Å². The van der Waals surface area contributed by atoms with Crippen LogP contribution in [-0.2, 0) is 14.2 Å². The maximum atomic E-state index is 9.57. The van der Waals surface area contributed by atoms with Crippen molar-refractivity contribution in [2.75, 3.05) is 20.3 Å². The first-order chi connectivity index (χ1) is 7.15. The molecule has 5 nitrogen and oxygen atoms in total. The van der Waals surface area contributed by atoms with Crippen LogP contribution in [0.25, 0.3) is 0 Å². The van der Waals surface area contributed by atoms with Crippen molar-refractivity contribution < 1.29 is 24.4 Å². The van der Waals surface area contributed by atoms with E-state index in [1.165, 1.54) is 0 Å². The Morgan fingerprint density at radius 3 is 2.67 bits per heavy atom. The highest BCUT2D eigenvalue weighted by Crippen LogP contribution is 2.20. The minimum absolute atomic E-state index is 0.291. The lowest BCUT2D eigenvalue weighted by Gasteiger charge is -2.35. The molecule has 1 aliphatic rings. The Balaban J connectivity index is 2.22. The van der Waals surface area contributed by atoms with Gasteiger partial charge in [-0.15, -0.1) is 0 Å². The molecule has 0 spiro atoms. The molecule has 1 saturated heterocycles. The molecule has 1 aliphatic heterocycles. The molecule has 5 heteroatoms. The average molecular weight is 220 g/mol. The fourth-order valence-corrected chi connectivity index (χ4v) is 1.50. The van der Waals surface area contributed by atoms with Gasteiger partial charge in [0.1, 0.15) is 6.10 Å². The molecule has 15 heavy (non-hydrogen) atoms. The number of hydrogen-bond donors (Lipinski definition) is 2. The Bertz CT molecular complexity index is 175. The lowest BCUT2D eigenvalue weighted by Crippen LogP contribution is -2.47. The van der Waals surface area contributed by atoms with E-state index in [9.17, 15) is 10.2 Å². The van der Waals surface area contributed by atoms with Gasteiger partial charge in [0.15, 0.2) is 6.29 Å². The molecule has 0 radical (unpaired) electrons. The van der Waals surface area contributed by atoms with Gasteiger partial charge in [-0.05, 0) is 13.3 Å². The third-order valence-electron chi connectivity index (χ3n) is 2.46. The lowest BCUT2D eigenvalue weighted by molar-refractivity contribution is -0.261. The van der Waals surface area contributed by atoms with Crippen molar-refractivity contribution in [1.29, 1.82) is 0 Å². The third-order valence-corrected chi connectivity index (χ3v) is 2.46. The van der Waals surface area contributed by atoms with Crippen molar-refractivity contribution >= 4 is 0 Å².